The summed E-state index contributed by atoms with van der Waals surface area (Å²) in [4.78, 5) is 10.8. The lowest BCUT2D eigenvalue weighted by Gasteiger charge is -2.53. The fraction of sp³-hybridized carbons (Fsp3) is 0.727. The van der Waals surface area contributed by atoms with E-state index in [1.807, 2.05) is 0 Å². The fourth-order valence-electron chi connectivity index (χ4n) is 6.79. The number of phenols is 1. The summed E-state index contributed by atoms with van der Waals surface area (Å²) in [7, 11) is 0. The maximum absolute atomic E-state index is 11.5. The second kappa shape index (κ2) is 6.99. The highest BCUT2D eigenvalue weighted by Crippen LogP contribution is 2.65. The Morgan fingerprint density at radius 3 is 2.71 bits per heavy atom. The number of rotatable bonds is 5. The van der Waals surface area contributed by atoms with Crippen molar-refractivity contribution in [2.45, 2.75) is 76.2 Å². The van der Waals surface area contributed by atoms with Crippen molar-refractivity contribution in [2.75, 3.05) is 6.61 Å². The third-order valence-electron chi connectivity index (χ3n) is 8.34. The predicted molar refractivity (Wildman–Crippen MR) is 105 cm³/mol. The molecule has 5 atom stereocenters. The zero-order valence-electron chi connectivity index (χ0n) is 16.6. The van der Waals surface area contributed by atoms with Gasteiger partial charge < -0.3 is 15.3 Å². The summed E-state index contributed by atoms with van der Waals surface area (Å²) in [6, 6.07) is 3.20. The van der Waals surface area contributed by atoms with Crippen LogP contribution in [0.2, 0.25) is 0 Å². The van der Waals surface area contributed by atoms with Gasteiger partial charge in [-0.15, -0.1) is 0 Å². The Hall–Kier alpha value is -1.66. The Kier molecular flexibility index (Phi) is 4.91. The lowest BCUT2D eigenvalue weighted by molar-refractivity contribution is -0.386. The smallest absolute Gasteiger partial charge is 0.310 e. The first-order valence-corrected chi connectivity index (χ1v) is 10.6. The molecule has 28 heavy (non-hydrogen) atoms. The number of nitrogens with zero attached hydrogens (tertiary/aromatic N) is 1. The minimum absolute atomic E-state index is 0.121. The van der Waals surface area contributed by atoms with Gasteiger partial charge in [0, 0.05) is 12.7 Å². The molecule has 0 radical (unpaired) electrons. The van der Waals surface area contributed by atoms with Gasteiger partial charge in [0.15, 0.2) is 5.75 Å². The van der Waals surface area contributed by atoms with Crippen molar-refractivity contribution in [2.24, 2.45) is 17.3 Å². The van der Waals surface area contributed by atoms with Crippen LogP contribution >= 0.6 is 0 Å². The standard InChI is InChI=1S/C22H31NO5/c1-21-9-6-15-16(18(21)7-10-22(21,26)8-2-3-11-24)5-4-14-12-20(25)19(23(27)28)13-17(14)15/h12-13,15-16,18,24-26H,2-11H2,1H3/t15-,16+,18-,21-,22-/m0/s1. The van der Waals surface area contributed by atoms with Crippen molar-refractivity contribution >= 4 is 5.69 Å². The van der Waals surface area contributed by atoms with Gasteiger partial charge in [-0.25, -0.2) is 0 Å². The zero-order chi connectivity index (χ0) is 20.1. The first-order valence-electron chi connectivity index (χ1n) is 10.6. The highest BCUT2D eigenvalue weighted by Gasteiger charge is 2.61. The summed E-state index contributed by atoms with van der Waals surface area (Å²) in [6.07, 6.45) is 7.83. The molecule has 6 heteroatoms. The first kappa shape index (κ1) is 19.6. The van der Waals surface area contributed by atoms with Crippen LogP contribution in [0.4, 0.5) is 5.69 Å². The van der Waals surface area contributed by atoms with E-state index in [1.165, 1.54) is 0 Å². The number of unbranched alkanes of at least 4 members (excludes halogenated alkanes) is 1. The SMILES string of the molecule is C[C@]12CC[C@@H]3c4cc([N+](=O)[O-])c(O)cc4CC[C@H]3[C@@H]1CC[C@@]2(O)CCCCO. The molecular formula is C22H31NO5. The molecule has 6 nitrogen and oxygen atoms in total. The van der Waals surface area contributed by atoms with Crippen molar-refractivity contribution in [1.82, 2.24) is 0 Å². The summed E-state index contributed by atoms with van der Waals surface area (Å²) in [5.41, 5.74) is 1.10. The summed E-state index contributed by atoms with van der Waals surface area (Å²) in [5.74, 6) is 0.900. The van der Waals surface area contributed by atoms with Gasteiger partial charge in [-0.05, 0) is 98.1 Å². The monoisotopic (exact) mass is 389 g/mol. The molecule has 0 spiro atoms. The Morgan fingerprint density at radius 1 is 1.21 bits per heavy atom. The van der Waals surface area contributed by atoms with E-state index in [0.717, 1.165) is 68.9 Å². The largest absolute Gasteiger partial charge is 0.502 e. The number of aliphatic hydroxyl groups excluding tert-OH is 1. The average molecular weight is 389 g/mol. The predicted octanol–water partition coefficient (Wildman–Crippen LogP) is 4.05. The summed E-state index contributed by atoms with van der Waals surface area (Å²) >= 11 is 0. The molecule has 4 rings (SSSR count). The van der Waals surface area contributed by atoms with Crippen LogP contribution in [0.1, 0.15) is 75.3 Å². The van der Waals surface area contributed by atoms with Crippen LogP contribution in [0.3, 0.4) is 0 Å². The molecule has 3 N–H and O–H groups in total. The molecule has 0 bridgehead atoms. The highest BCUT2D eigenvalue weighted by molar-refractivity contribution is 5.53. The van der Waals surface area contributed by atoms with Crippen molar-refractivity contribution in [3.63, 3.8) is 0 Å². The molecule has 2 saturated carbocycles. The van der Waals surface area contributed by atoms with E-state index in [-0.39, 0.29) is 29.4 Å². The molecule has 0 heterocycles. The molecule has 3 aliphatic carbocycles. The molecular weight excluding hydrogens is 358 g/mol. The maximum atomic E-state index is 11.5. The Bertz CT molecular complexity index is 780. The normalized spacial score (nSPS) is 36.5. The second-order valence-corrected chi connectivity index (χ2v) is 9.42. The van der Waals surface area contributed by atoms with E-state index >= 15 is 0 Å². The first-order chi connectivity index (χ1) is 13.3. The van der Waals surface area contributed by atoms with E-state index in [0.29, 0.717) is 11.8 Å². The minimum Gasteiger partial charge on any atom is -0.502 e. The van der Waals surface area contributed by atoms with Gasteiger partial charge in [-0.1, -0.05) is 6.92 Å². The topological polar surface area (TPSA) is 104 Å². The average Bonchev–Trinajstić information content (AvgIpc) is 2.92. The highest BCUT2D eigenvalue weighted by atomic mass is 16.6. The van der Waals surface area contributed by atoms with E-state index in [9.17, 15) is 20.3 Å². The van der Waals surface area contributed by atoms with Crippen LogP contribution in [0.5, 0.6) is 5.75 Å². The molecule has 154 valence electrons. The molecule has 1 aromatic carbocycles. The van der Waals surface area contributed by atoms with E-state index in [4.69, 9.17) is 5.11 Å². The van der Waals surface area contributed by atoms with E-state index in [1.54, 1.807) is 12.1 Å². The molecule has 1 aromatic rings. The quantitative estimate of drug-likeness (QED) is 0.400. The van der Waals surface area contributed by atoms with Crippen LogP contribution in [-0.2, 0) is 6.42 Å². The second-order valence-electron chi connectivity index (χ2n) is 9.42. The molecule has 3 aliphatic rings. The number of nitro benzene ring substituents is 1. The molecule has 2 fully saturated rings. The van der Waals surface area contributed by atoms with Crippen LogP contribution in [0.15, 0.2) is 12.1 Å². The number of aliphatic hydroxyl groups is 2. The Morgan fingerprint density at radius 2 is 2.00 bits per heavy atom. The Labute approximate surface area is 165 Å². The lowest BCUT2D eigenvalue weighted by Crippen LogP contribution is -2.50. The van der Waals surface area contributed by atoms with Crippen LogP contribution in [-0.4, -0.2) is 32.5 Å². The third kappa shape index (κ3) is 2.84. The van der Waals surface area contributed by atoms with Gasteiger partial charge in [-0.3, -0.25) is 10.1 Å². The van der Waals surface area contributed by atoms with Crippen LogP contribution < -0.4 is 0 Å². The van der Waals surface area contributed by atoms with Gasteiger partial charge in [-0.2, -0.15) is 0 Å². The number of nitro groups is 1. The van der Waals surface area contributed by atoms with Crippen molar-refractivity contribution in [1.29, 1.82) is 0 Å². The molecule has 0 amide bonds. The van der Waals surface area contributed by atoms with Gasteiger partial charge in [0.25, 0.3) is 0 Å². The van der Waals surface area contributed by atoms with Gasteiger partial charge in [0.05, 0.1) is 10.5 Å². The fourth-order valence-corrected chi connectivity index (χ4v) is 6.79. The number of hydrogen-bond acceptors (Lipinski definition) is 5. The van der Waals surface area contributed by atoms with E-state index in [2.05, 4.69) is 6.92 Å². The van der Waals surface area contributed by atoms with Crippen molar-refractivity contribution < 1.29 is 20.2 Å². The number of aromatic hydroxyl groups is 1. The summed E-state index contributed by atoms with van der Waals surface area (Å²) < 4.78 is 0. The van der Waals surface area contributed by atoms with Gasteiger partial charge in [0.1, 0.15) is 0 Å². The molecule has 0 aliphatic heterocycles. The Balaban J connectivity index is 1.63. The van der Waals surface area contributed by atoms with Crippen LogP contribution in [0, 0.1) is 27.4 Å². The van der Waals surface area contributed by atoms with Crippen LogP contribution in [0.25, 0.3) is 0 Å². The number of hydrogen-bond donors (Lipinski definition) is 3. The van der Waals surface area contributed by atoms with Gasteiger partial charge >= 0.3 is 5.69 Å². The summed E-state index contributed by atoms with van der Waals surface area (Å²) in [6.45, 7) is 2.41. The molecule has 0 saturated heterocycles. The number of fused-ring (bicyclic) bond motifs is 5. The lowest BCUT2D eigenvalue weighted by atomic mass is 9.53. The molecule has 0 aromatic heterocycles. The maximum Gasteiger partial charge on any atom is 0.310 e. The third-order valence-corrected chi connectivity index (χ3v) is 8.34. The number of benzene rings is 1. The molecule has 0 unspecified atom stereocenters. The number of aryl methyl sites for hydroxylation is 1. The van der Waals surface area contributed by atoms with Crippen molar-refractivity contribution in [3.05, 3.63) is 33.4 Å². The van der Waals surface area contributed by atoms with Crippen molar-refractivity contribution in [3.8, 4) is 5.75 Å². The zero-order valence-corrected chi connectivity index (χ0v) is 16.6. The number of phenolic OH excluding ortho intramolecular Hbond substituents is 1. The minimum atomic E-state index is -0.668. The van der Waals surface area contributed by atoms with Gasteiger partial charge in [0.2, 0.25) is 0 Å². The summed E-state index contributed by atoms with van der Waals surface area (Å²) in [5, 5.41) is 41.9. The van der Waals surface area contributed by atoms with E-state index < -0.39 is 10.5 Å².